The van der Waals surface area contributed by atoms with Crippen LogP contribution in [0.2, 0.25) is 0 Å². The second-order valence-corrected chi connectivity index (χ2v) is 10.2. The van der Waals surface area contributed by atoms with Crippen molar-refractivity contribution in [2.45, 2.75) is 26.3 Å². The molecule has 5 aromatic heterocycles. The summed E-state index contributed by atoms with van der Waals surface area (Å²) >= 11 is 1.35. The predicted molar refractivity (Wildman–Crippen MR) is 145 cm³/mol. The minimum atomic E-state index is -5.14. The van der Waals surface area contributed by atoms with Crippen LogP contribution < -0.4 is 16.0 Å². The van der Waals surface area contributed by atoms with Crippen molar-refractivity contribution in [1.29, 1.82) is 0 Å². The third-order valence-corrected chi connectivity index (χ3v) is 7.65. The fourth-order valence-corrected chi connectivity index (χ4v) is 5.75. The largest absolute Gasteiger partial charge is 0.574 e. The van der Waals surface area contributed by atoms with E-state index in [1.54, 1.807) is 26.0 Å². The maximum Gasteiger partial charge on any atom is 0.574 e. The number of ether oxygens (including phenoxy) is 1. The molecule has 5 heterocycles. The fourth-order valence-electron chi connectivity index (χ4n) is 4.83. The molecule has 1 atom stereocenters. The molecule has 0 spiro atoms. The maximum atomic E-state index is 14.6. The highest BCUT2D eigenvalue weighted by molar-refractivity contribution is 7.15. The minimum absolute atomic E-state index is 0.0192. The van der Waals surface area contributed by atoms with Gasteiger partial charge < -0.3 is 10.5 Å². The van der Waals surface area contributed by atoms with Gasteiger partial charge in [-0.05, 0) is 49.2 Å². The van der Waals surface area contributed by atoms with Gasteiger partial charge in [-0.25, -0.2) is 28.4 Å². The molecule has 0 fully saturated rings. The quantitative estimate of drug-likeness (QED) is 0.245. The average molecular weight is 600 g/mol. The van der Waals surface area contributed by atoms with Crippen LogP contribution in [0.15, 0.2) is 59.1 Å². The number of hydrogen-bond acceptors (Lipinski definition) is 8. The lowest BCUT2D eigenvalue weighted by atomic mass is 9.97. The molecule has 0 amide bonds. The van der Waals surface area contributed by atoms with Gasteiger partial charge in [0.05, 0.1) is 17.0 Å². The third-order valence-electron chi connectivity index (χ3n) is 6.65. The van der Waals surface area contributed by atoms with Crippen molar-refractivity contribution in [2.75, 3.05) is 5.73 Å². The number of hydrogen-bond donors (Lipinski definition) is 1. The average Bonchev–Trinajstić information content (AvgIpc) is 3.50. The lowest BCUT2D eigenvalue weighted by molar-refractivity contribution is -0.277. The summed E-state index contributed by atoms with van der Waals surface area (Å²) in [4.78, 5) is 26.2. The number of alkyl halides is 3. The molecule has 214 valence electrons. The molecule has 0 aliphatic heterocycles. The Morgan fingerprint density at radius 1 is 1.07 bits per heavy atom. The Hall–Kier alpha value is -4.92. The Morgan fingerprint density at radius 2 is 1.86 bits per heavy atom. The highest BCUT2D eigenvalue weighted by Crippen LogP contribution is 2.37. The Balaban J connectivity index is 1.57. The van der Waals surface area contributed by atoms with Crippen LogP contribution in [0.25, 0.3) is 38.2 Å². The first kappa shape index (κ1) is 27.3. The van der Waals surface area contributed by atoms with Crippen LogP contribution >= 0.6 is 11.3 Å². The Morgan fingerprint density at radius 3 is 2.57 bits per heavy atom. The monoisotopic (exact) mass is 599 g/mol. The van der Waals surface area contributed by atoms with E-state index in [4.69, 9.17) is 5.73 Å². The lowest BCUT2D eigenvalue weighted by Gasteiger charge is -2.18. The number of nitrogens with two attached hydrogens (primary N) is 1. The molecule has 9 nitrogen and oxygen atoms in total. The Labute approximate surface area is 236 Å². The van der Waals surface area contributed by atoms with Crippen molar-refractivity contribution in [1.82, 2.24) is 29.1 Å². The highest BCUT2D eigenvalue weighted by atomic mass is 32.1. The SMILES string of the molecule is Cc1csc2cc([C@H](C)n3nc(-c4cnc(OC(F)(F)F)c(F)c4)c4c(N)ncnc43)c(-c3cccc(F)c3)c(=O)n12. The number of aromatic nitrogens is 6. The number of rotatable bonds is 5. The van der Waals surface area contributed by atoms with Crippen molar-refractivity contribution < 1.29 is 26.7 Å². The first-order valence-corrected chi connectivity index (χ1v) is 13.1. The van der Waals surface area contributed by atoms with Gasteiger partial charge in [0.25, 0.3) is 11.4 Å². The van der Waals surface area contributed by atoms with Crippen molar-refractivity contribution in [2.24, 2.45) is 0 Å². The number of halogens is 5. The van der Waals surface area contributed by atoms with E-state index in [2.05, 4.69) is 24.8 Å². The number of nitrogens with zero attached hydrogens (tertiary/aromatic N) is 6. The standard InChI is InChI=1S/C27H18F5N7O2S/c1-12-10-42-19-8-17(20(26(40)38(12)19)14-4-3-5-16(28)6-14)13(2)39-24-21(23(33)35-11-36-24)22(37-39)15-7-18(29)25(34-9-15)41-27(30,31)32/h3-11,13H,1-2H3,(H2,33,35,36)/t13-/m0/s1. The van der Waals surface area contributed by atoms with E-state index < -0.39 is 29.9 Å². The molecule has 0 saturated carbocycles. The fraction of sp³-hybridized carbons (Fsp3) is 0.148. The molecular weight excluding hydrogens is 581 g/mol. The zero-order valence-electron chi connectivity index (χ0n) is 21.6. The molecule has 6 rings (SSSR count). The number of fused-ring (bicyclic) bond motifs is 2. The van der Waals surface area contributed by atoms with E-state index in [0.717, 1.165) is 12.3 Å². The van der Waals surface area contributed by atoms with Crippen LogP contribution in [-0.4, -0.2) is 35.5 Å². The Kier molecular flexibility index (Phi) is 6.40. The van der Waals surface area contributed by atoms with E-state index in [9.17, 15) is 26.7 Å². The van der Waals surface area contributed by atoms with Gasteiger partial charge in [0.1, 0.15) is 28.5 Å². The molecule has 0 aliphatic rings. The van der Waals surface area contributed by atoms with Crippen LogP contribution in [0.4, 0.5) is 27.8 Å². The summed E-state index contributed by atoms with van der Waals surface area (Å²) in [6.07, 6.45) is -2.99. The molecular formula is C27H18F5N7O2S. The lowest BCUT2D eigenvalue weighted by Crippen LogP contribution is -2.21. The van der Waals surface area contributed by atoms with Crippen LogP contribution in [-0.2, 0) is 0 Å². The van der Waals surface area contributed by atoms with Gasteiger partial charge in [-0.3, -0.25) is 9.20 Å². The number of benzene rings is 1. The molecule has 0 saturated heterocycles. The van der Waals surface area contributed by atoms with Crippen LogP contribution in [0.5, 0.6) is 5.88 Å². The summed E-state index contributed by atoms with van der Waals surface area (Å²) in [5, 5.41) is 6.60. The van der Waals surface area contributed by atoms with Crippen molar-refractivity contribution in [3.8, 4) is 28.3 Å². The molecule has 2 N–H and O–H groups in total. The molecule has 1 aromatic carbocycles. The number of pyridine rings is 2. The van der Waals surface area contributed by atoms with Crippen molar-refractivity contribution in [3.05, 3.63) is 87.5 Å². The van der Waals surface area contributed by atoms with Gasteiger partial charge in [-0.1, -0.05) is 12.1 Å². The van der Waals surface area contributed by atoms with E-state index in [1.165, 1.54) is 44.9 Å². The first-order chi connectivity index (χ1) is 19.9. The summed E-state index contributed by atoms with van der Waals surface area (Å²) < 4.78 is 73.5. The highest BCUT2D eigenvalue weighted by Gasteiger charge is 2.33. The van der Waals surface area contributed by atoms with Crippen LogP contribution in [0.1, 0.15) is 24.2 Å². The summed E-state index contributed by atoms with van der Waals surface area (Å²) in [7, 11) is 0. The normalized spacial score (nSPS) is 12.7. The Bertz CT molecular complexity index is 2070. The zero-order chi connectivity index (χ0) is 29.9. The molecule has 0 aliphatic carbocycles. The van der Waals surface area contributed by atoms with E-state index in [1.807, 2.05) is 5.38 Å². The minimum Gasteiger partial charge on any atom is -0.385 e. The zero-order valence-corrected chi connectivity index (χ0v) is 22.5. The number of nitrogen functional groups attached to an aromatic ring is 1. The molecule has 15 heteroatoms. The van der Waals surface area contributed by atoms with Gasteiger partial charge in [0.15, 0.2) is 11.5 Å². The summed E-state index contributed by atoms with van der Waals surface area (Å²) in [5.74, 6) is -3.19. The number of aryl methyl sites for hydroxylation is 1. The third kappa shape index (κ3) is 4.60. The second kappa shape index (κ2) is 9.87. The molecule has 0 unspecified atom stereocenters. The summed E-state index contributed by atoms with van der Waals surface area (Å²) in [5.41, 5.74) is 7.78. The van der Waals surface area contributed by atoms with Crippen molar-refractivity contribution in [3.63, 3.8) is 0 Å². The van der Waals surface area contributed by atoms with Gasteiger partial charge in [-0.2, -0.15) is 5.10 Å². The van der Waals surface area contributed by atoms with Crippen LogP contribution in [0, 0.1) is 18.6 Å². The van der Waals surface area contributed by atoms with E-state index in [0.29, 0.717) is 21.7 Å². The smallest absolute Gasteiger partial charge is 0.385 e. The number of thiazole rings is 1. The van der Waals surface area contributed by atoms with Crippen molar-refractivity contribution >= 4 is 33.0 Å². The van der Waals surface area contributed by atoms with Gasteiger partial charge in [0.2, 0.25) is 0 Å². The summed E-state index contributed by atoms with van der Waals surface area (Å²) in [6.45, 7) is 3.52. The maximum absolute atomic E-state index is 14.6. The molecule has 0 bridgehead atoms. The number of anilines is 1. The second-order valence-electron chi connectivity index (χ2n) is 9.33. The topological polar surface area (TPSA) is 113 Å². The molecule has 0 radical (unpaired) electrons. The predicted octanol–water partition coefficient (Wildman–Crippen LogP) is 5.91. The molecule has 6 aromatic rings. The first-order valence-electron chi connectivity index (χ1n) is 12.2. The molecule has 42 heavy (non-hydrogen) atoms. The van der Waals surface area contributed by atoms with Gasteiger partial charge in [-0.15, -0.1) is 24.5 Å². The summed E-state index contributed by atoms with van der Waals surface area (Å²) in [6, 6.07) is 7.50. The van der Waals surface area contributed by atoms with E-state index in [-0.39, 0.29) is 39.2 Å². The van der Waals surface area contributed by atoms with Gasteiger partial charge in [0, 0.05) is 22.8 Å². The van der Waals surface area contributed by atoms with E-state index >= 15 is 0 Å². The van der Waals surface area contributed by atoms with Gasteiger partial charge >= 0.3 is 6.36 Å². The van der Waals surface area contributed by atoms with Crippen LogP contribution in [0.3, 0.4) is 0 Å².